The molecule has 1 heterocycles. The van der Waals surface area contributed by atoms with Crippen LogP contribution < -0.4 is 14.8 Å². The van der Waals surface area contributed by atoms with Crippen molar-refractivity contribution in [1.82, 2.24) is 9.97 Å². The van der Waals surface area contributed by atoms with Crippen LogP contribution in [-0.4, -0.2) is 29.2 Å². The Morgan fingerprint density at radius 1 is 1.29 bits per heavy atom. The average Bonchev–Trinajstić information content (AvgIpc) is 2.24. The van der Waals surface area contributed by atoms with Crippen LogP contribution in [0.1, 0.15) is 34.1 Å². The van der Waals surface area contributed by atoms with Gasteiger partial charge in [0.1, 0.15) is 11.9 Å². The van der Waals surface area contributed by atoms with Gasteiger partial charge in [-0.15, -0.1) is 0 Å². The molecule has 0 amide bonds. The predicted molar refractivity (Wildman–Crippen MR) is 67.7 cm³/mol. The van der Waals surface area contributed by atoms with Gasteiger partial charge in [0.2, 0.25) is 5.75 Å². The zero-order valence-corrected chi connectivity index (χ0v) is 11.2. The molecule has 0 unspecified atom stereocenters. The fraction of sp³-hybridized carbons (Fsp3) is 0.667. The van der Waals surface area contributed by atoms with E-state index in [1.807, 2.05) is 20.8 Å². The third kappa shape index (κ3) is 4.09. The van der Waals surface area contributed by atoms with Crippen molar-refractivity contribution in [2.24, 2.45) is 0 Å². The molecule has 1 N–H and O–H groups in total. The summed E-state index contributed by atoms with van der Waals surface area (Å²) in [6, 6.07) is 0. The van der Waals surface area contributed by atoms with E-state index in [0.717, 1.165) is 13.0 Å². The number of nitrogens with one attached hydrogen (secondary N) is 1. The van der Waals surface area contributed by atoms with Crippen molar-refractivity contribution < 1.29 is 9.47 Å². The molecule has 0 bridgehead atoms. The molecule has 0 aliphatic heterocycles. The molecule has 0 aliphatic rings. The summed E-state index contributed by atoms with van der Waals surface area (Å²) >= 11 is 0. The lowest BCUT2D eigenvalue weighted by atomic mass is 10.2. The SMILES string of the molecule is CCCNc1ncnc(OC(C)(C)C)c1OC. The second-order valence-electron chi connectivity index (χ2n) is 4.70. The molecule has 0 radical (unpaired) electrons. The summed E-state index contributed by atoms with van der Waals surface area (Å²) < 4.78 is 11.0. The summed E-state index contributed by atoms with van der Waals surface area (Å²) in [6.45, 7) is 8.82. The van der Waals surface area contributed by atoms with Crippen molar-refractivity contribution in [3.05, 3.63) is 6.33 Å². The number of hydrogen-bond donors (Lipinski definition) is 1. The number of nitrogens with zero attached hydrogens (tertiary/aromatic N) is 2. The fourth-order valence-corrected chi connectivity index (χ4v) is 1.27. The van der Waals surface area contributed by atoms with E-state index in [0.29, 0.717) is 17.4 Å². The number of anilines is 1. The minimum Gasteiger partial charge on any atom is -0.489 e. The van der Waals surface area contributed by atoms with Gasteiger partial charge in [0.05, 0.1) is 7.11 Å². The zero-order chi connectivity index (χ0) is 12.9. The van der Waals surface area contributed by atoms with Gasteiger partial charge < -0.3 is 14.8 Å². The molecular formula is C12H21N3O2. The first-order valence-corrected chi connectivity index (χ1v) is 5.79. The van der Waals surface area contributed by atoms with Crippen LogP contribution in [0.4, 0.5) is 5.82 Å². The largest absolute Gasteiger partial charge is 0.489 e. The van der Waals surface area contributed by atoms with E-state index < -0.39 is 0 Å². The Labute approximate surface area is 103 Å². The molecule has 0 fully saturated rings. The van der Waals surface area contributed by atoms with E-state index in [1.54, 1.807) is 7.11 Å². The lowest BCUT2D eigenvalue weighted by molar-refractivity contribution is 0.118. The summed E-state index contributed by atoms with van der Waals surface area (Å²) in [5.74, 6) is 1.69. The van der Waals surface area contributed by atoms with E-state index in [-0.39, 0.29) is 5.60 Å². The molecule has 0 aromatic carbocycles. The molecule has 1 aromatic heterocycles. The second-order valence-corrected chi connectivity index (χ2v) is 4.70. The summed E-state index contributed by atoms with van der Waals surface area (Å²) in [4.78, 5) is 8.26. The summed E-state index contributed by atoms with van der Waals surface area (Å²) in [5.41, 5.74) is -0.316. The van der Waals surface area contributed by atoms with E-state index >= 15 is 0 Å². The standard InChI is InChI=1S/C12H21N3O2/c1-6-7-13-10-9(16-5)11(15-8-14-10)17-12(2,3)4/h8H,6-7H2,1-5H3,(H,13,14,15). The van der Waals surface area contributed by atoms with Crippen molar-refractivity contribution in [2.75, 3.05) is 19.0 Å². The highest BCUT2D eigenvalue weighted by molar-refractivity contribution is 5.55. The van der Waals surface area contributed by atoms with Gasteiger partial charge in [-0.25, -0.2) is 4.98 Å². The molecule has 17 heavy (non-hydrogen) atoms. The first-order chi connectivity index (χ1) is 7.98. The zero-order valence-electron chi connectivity index (χ0n) is 11.2. The van der Waals surface area contributed by atoms with Crippen LogP contribution in [0.3, 0.4) is 0 Å². The minimum absolute atomic E-state index is 0.316. The Balaban J connectivity index is 2.97. The van der Waals surface area contributed by atoms with Crippen LogP contribution in [-0.2, 0) is 0 Å². The fourth-order valence-electron chi connectivity index (χ4n) is 1.27. The van der Waals surface area contributed by atoms with Gasteiger partial charge in [-0.3, -0.25) is 0 Å². The van der Waals surface area contributed by atoms with Crippen molar-refractivity contribution in [3.8, 4) is 11.6 Å². The number of hydrogen-bond acceptors (Lipinski definition) is 5. The number of aromatic nitrogens is 2. The molecule has 96 valence electrons. The Morgan fingerprint density at radius 2 is 2.00 bits per heavy atom. The topological polar surface area (TPSA) is 56.3 Å². The normalized spacial score (nSPS) is 11.1. The van der Waals surface area contributed by atoms with Gasteiger partial charge in [-0.2, -0.15) is 4.98 Å². The third-order valence-electron chi connectivity index (χ3n) is 1.92. The number of rotatable bonds is 5. The Kier molecular flexibility index (Phi) is 4.54. The first-order valence-electron chi connectivity index (χ1n) is 5.79. The lowest BCUT2D eigenvalue weighted by Crippen LogP contribution is -2.24. The van der Waals surface area contributed by atoms with Gasteiger partial charge in [0.25, 0.3) is 5.88 Å². The minimum atomic E-state index is -0.316. The van der Waals surface area contributed by atoms with Crippen LogP contribution in [0.15, 0.2) is 6.33 Å². The number of ether oxygens (including phenoxy) is 2. The maximum Gasteiger partial charge on any atom is 0.263 e. The molecule has 0 aliphatic carbocycles. The molecule has 0 saturated heterocycles. The van der Waals surface area contributed by atoms with Crippen LogP contribution in [0.25, 0.3) is 0 Å². The molecule has 0 atom stereocenters. The molecule has 0 spiro atoms. The lowest BCUT2D eigenvalue weighted by Gasteiger charge is -2.22. The highest BCUT2D eigenvalue weighted by Crippen LogP contribution is 2.32. The summed E-state index contributed by atoms with van der Waals surface area (Å²) in [7, 11) is 1.59. The van der Waals surface area contributed by atoms with Crippen LogP contribution >= 0.6 is 0 Å². The smallest absolute Gasteiger partial charge is 0.263 e. The summed E-state index contributed by atoms with van der Waals surface area (Å²) in [5, 5.41) is 3.18. The van der Waals surface area contributed by atoms with Crippen molar-refractivity contribution in [2.45, 2.75) is 39.7 Å². The maximum atomic E-state index is 5.73. The van der Waals surface area contributed by atoms with E-state index in [4.69, 9.17) is 9.47 Å². The van der Waals surface area contributed by atoms with Gasteiger partial charge in [0, 0.05) is 6.54 Å². The molecule has 0 saturated carbocycles. The molecule has 1 aromatic rings. The molecule has 5 heteroatoms. The highest BCUT2D eigenvalue weighted by Gasteiger charge is 2.19. The molecular weight excluding hydrogens is 218 g/mol. The summed E-state index contributed by atoms with van der Waals surface area (Å²) in [6.07, 6.45) is 2.49. The predicted octanol–water partition coefficient (Wildman–Crippen LogP) is 2.48. The Hall–Kier alpha value is -1.52. The van der Waals surface area contributed by atoms with Gasteiger partial charge in [-0.1, -0.05) is 6.92 Å². The van der Waals surface area contributed by atoms with E-state index in [1.165, 1.54) is 6.33 Å². The van der Waals surface area contributed by atoms with E-state index in [2.05, 4.69) is 22.2 Å². The van der Waals surface area contributed by atoms with Crippen LogP contribution in [0.2, 0.25) is 0 Å². The van der Waals surface area contributed by atoms with Gasteiger partial charge in [-0.05, 0) is 27.2 Å². The quantitative estimate of drug-likeness (QED) is 0.855. The van der Waals surface area contributed by atoms with Crippen LogP contribution in [0.5, 0.6) is 11.6 Å². The number of methoxy groups -OCH3 is 1. The third-order valence-corrected chi connectivity index (χ3v) is 1.92. The maximum absolute atomic E-state index is 5.73. The molecule has 5 nitrogen and oxygen atoms in total. The Bertz CT molecular complexity index is 361. The first kappa shape index (κ1) is 13.5. The Morgan fingerprint density at radius 3 is 2.53 bits per heavy atom. The van der Waals surface area contributed by atoms with Gasteiger partial charge in [0.15, 0.2) is 5.82 Å². The highest BCUT2D eigenvalue weighted by atomic mass is 16.5. The van der Waals surface area contributed by atoms with Crippen molar-refractivity contribution in [3.63, 3.8) is 0 Å². The monoisotopic (exact) mass is 239 g/mol. The molecule has 1 rings (SSSR count). The van der Waals surface area contributed by atoms with Crippen molar-refractivity contribution >= 4 is 5.82 Å². The second kappa shape index (κ2) is 5.70. The van der Waals surface area contributed by atoms with Crippen LogP contribution in [0, 0.1) is 0 Å². The average molecular weight is 239 g/mol. The van der Waals surface area contributed by atoms with E-state index in [9.17, 15) is 0 Å². The van der Waals surface area contributed by atoms with Gasteiger partial charge >= 0.3 is 0 Å². The van der Waals surface area contributed by atoms with Crippen molar-refractivity contribution in [1.29, 1.82) is 0 Å².